The molecule has 0 spiro atoms. The molecule has 0 aliphatic rings. The summed E-state index contributed by atoms with van der Waals surface area (Å²) in [7, 11) is 0. The van der Waals surface area contributed by atoms with Crippen LogP contribution in [-0.4, -0.2) is 29.8 Å². The Morgan fingerprint density at radius 1 is 1.40 bits per heavy atom. The molecular formula is C15H24N2O3. The number of rotatable bonds is 8. The van der Waals surface area contributed by atoms with Gasteiger partial charge in [0.25, 0.3) is 0 Å². The zero-order valence-corrected chi connectivity index (χ0v) is 12.2. The molecule has 0 aromatic heterocycles. The van der Waals surface area contributed by atoms with Crippen LogP contribution in [0.2, 0.25) is 0 Å². The number of hydrogen-bond acceptors (Lipinski definition) is 4. The molecule has 1 rings (SSSR count). The Morgan fingerprint density at radius 2 is 2.05 bits per heavy atom. The van der Waals surface area contributed by atoms with Gasteiger partial charge in [0.05, 0.1) is 18.6 Å². The van der Waals surface area contributed by atoms with Gasteiger partial charge in [-0.15, -0.1) is 0 Å². The number of anilines is 1. The highest BCUT2D eigenvalue weighted by molar-refractivity contribution is 5.76. The van der Waals surface area contributed by atoms with Crippen LogP contribution in [-0.2, 0) is 4.79 Å². The quantitative estimate of drug-likeness (QED) is 0.633. The van der Waals surface area contributed by atoms with Crippen molar-refractivity contribution in [2.75, 3.05) is 18.9 Å². The van der Waals surface area contributed by atoms with Crippen LogP contribution in [0.25, 0.3) is 0 Å². The fourth-order valence-corrected chi connectivity index (χ4v) is 1.83. The third-order valence-electron chi connectivity index (χ3n) is 2.93. The SMILES string of the molecule is CCCC(C)(O)CNC(=O)CCOc1ccc(N)cc1. The van der Waals surface area contributed by atoms with Crippen molar-refractivity contribution in [2.45, 2.75) is 38.7 Å². The van der Waals surface area contributed by atoms with Gasteiger partial charge in [-0.1, -0.05) is 13.3 Å². The molecule has 0 saturated heterocycles. The van der Waals surface area contributed by atoms with Crippen LogP contribution in [0.15, 0.2) is 24.3 Å². The van der Waals surface area contributed by atoms with Crippen LogP contribution in [0.4, 0.5) is 5.69 Å². The number of ether oxygens (including phenoxy) is 1. The highest BCUT2D eigenvalue weighted by Crippen LogP contribution is 2.13. The number of nitrogens with one attached hydrogen (secondary N) is 1. The zero-order valence-electron chi connectivity index (χ0n) is 12.2. The van der Waals surface area contributed by atoms with E-state index >= 15 is 0 Å². The molecule has 5 heteroatoms. The summed E-state index contributed by atoms with van der Waals surface area (Å²) in [6.07, 6.45) is 1.80. The minimum Gasteiger partial charge on any atom is -0.493 e. The van der Waals surface area contributed by atoms with E-state index in [1.165, 1.54) is 0 Å². The summed E-state index contributed by atoms with van der Waals surface area (Å²) < 4.78 is 5.43. The number of aliphatic hydroxyl groups is 1. The van der Waals surface area contributed by atoms with E-state index in [0.717, 1.165) is 6.42 Å². The molecular weight excluding hydrogens is 256 g/mol. The number of carbonyl (C=O) groups excluding carboxylic acids is 1. The summed E-state index contributed by atoms with van der Waals surface area (Å²) in [6, 6.07) is 7.02. The minimum absolute atomic E-state index is 0.128. The molecule has 0 bridgehead atoms. The third-order valence-corrected chi connectivity index (χ3v) is 2.93. The summed E-state index contributed by atoms with van der Waals surface area (Å²) in [5.41, 5.74) is 5.39. The van der Waals surface area contributed by atoms with Gasteiger partial charge in [-0.05, 0) is 37.6 Å². The van der Waals surface area contributed by atoms with Gasteiger partial charge >= 0.3 is 0 Å². The molecule has 0 radical (unpaired) electrons. The second-order valence-corrected chi connectivity index (χ2v) is 5.19. The Bertz CT molecular complexity index is 416. The standard InChI is InChI=1S/C15H24N2O3/c1-3-9-15(2,19)11-17-14(18)8-10-20-13-6-4-12(16)5-7-13/h4-7,19H,3,8-11,16H2,1-2H3,(H,17,18). The van der Waals surface area contributed by atoms with E-state index < -0.39 is 5.60 Å². The molecule has 1 atom stereocenters. The lowest BCUT2D eigenvalue weighted by atomic mass is 10.0. The minimum atomic E-state index is -0.845. The normalized spacial score (nSPS) is 13.6. The van der Waals surface area contributed by atoms with Crippen LogP contribution < -0.4 is 15.8 Å². The predicted octanol–water partition coefficient (Wildman–Crippen LogP) is 1.70. The number of hydrogen-bond donors (Lipinski definition) is 3. The maximum absolute atomic E-state index is 11.6. The third kappa shape index (κ3) is 6.43. The van der Waals surface area contributed by atoms with E-state index in [9.17, 15) is 9.90 Å². The molecule has 4 N–H and O–H groups in total. The monoisotopic (exact) mass is 280 g/mol. The van der Waals surface area contributed by atoms with E-state index in [-0.39, 0.29) is 18.9 Å². The largest absolute Gasteiger partial charge is 0.493 e. The molecule has 1 amide bonds. The lowest BCUT2D eigenvalue weighted by Gasteiger charge is -2.22. The number of benzene rings is 1. The lowest BCUT2D eigenvalue weighted by Crippen LogP contribution is -2.40. The van der Waals surface area contributed by atoms with Crippen LogP contribution in [0.3, 0.4) is 0 Å². The lowest BCUT2D eigenvalue weighted by molar-refractivity contribution is -0.122. The summed E-state index contributed by atoms with van der Waals surface area (Å²) in [4.78, 5) is 11.6. The van der Waals surface area contributed by atoms with E-state index in [1.54, 1.807) is 31.2 Å². The Balaban J connectivity index is 2.22. The van der Waals surface area contributed by atoms with Crippen LogP contribution in [0.5, 0.6) is 5.75 Å². The van der Waals surface area contributed by atoms with Gasteiger partial charge in [0, 0.05) is 12.2 Å². The fourth-order valence-electron chi connectivity index (χ4n) is 1.83. The van der Waals surface area contributed by atoms with Crippen LogP contribution in [0, 0.1) is 0 Å². The van der Waals surface area contributed by atoms with E-state index in [2.05, 4.69) is 5.32 Å². The molecule has 0 saturated carbocycles. The molecule has 0 heterocycles. The van der Waals surface area contributed by atoms with Crippen LogP contribution in [0.1, 0.15) is 33.1 Å². The summed E-state index contributed by atoms with van der Waals surface area (Å²) in [6.45, 7) is 4.28. The Labute approximate surface area is 120 Å². The molecule has 1 aromatic rings. The second-order valence-electron chi connectivity index (χ2n) is 5.19. The first kappa shape index (κ1) is 16.3. The van der Waals surface area contributed by atoms with Gasteiger partial charge in [0.2, 0.25) is 5.91 Å². The Morgan fingerprint density at radius 3 is 2.65 bits per heavy atom. The van der Waals surface area contributed by atoms with Crippen molar-refractivity contribution in [2.24, 2.45) is 0 Å². The highest BCUT2D eigenvalue weighted by atomic mass is 16.5. The van der Waals surface area contributed by atoms with E-state index in [1.807, 2.05) is 6.92 Å². The van der Waals surface area contributed by atoms with Gasteiger partial charge in [-0.3, -0.25) is 4.79 Å². The van der Waals surface area contributed by atoms with Gasteiger partial charge in [0.1, 0.15) is 5.75 Å². The molecule has 0 aliphatic heterocycles. The highest BCUT2D eigenvalue weighted by Gasteiger charge is 2.19. The average molecular weight is 280 g/mol. The number of amides is 1. The molecule has 1 unspecified atom stereocenters. The number of carbonyl (C=O) groups is 1. The number of nitrogen functional groups attached to an aromatic ring is 1. The smallest absolute Gasteiger partial charge is 0.223 e. The Hall–Kier alpha value is -1.75. The maximum Gasteiger partial charge on any atom is 0.223 e. The van der Waals surface area contributed by atoms with Crippen molar-refractivity contribution in [3.63, 3.8) is 0 Å². The van der Waals surface area contributed by atoms with E-state index in [4.69, 9.17) is 10.5 Å². The van der Waals surface area contributed by atoms with Gasteiger partial charge in [-0.2, -0.15) is 0 Å². The predicted molar refractivity (Wildman–Crippen MR) is 79.5 cm³/mol. The second kappa shape index (κ2) is 7.75. The van der Waals surface area contributed by atoms with Gasteiger partial charge in [0.15, 0.2) is 0 Å². The molecule has 1 aromatic carbocycles. The summed E-state index contributed by atoms with van der Waals surface area (Å²) in [5.74, 6) is 0.557. The van der Waals surface area contributed by atoms with Crippen molar-refractivity contribution < 1.29 is 14.6 Å². The summed E-state index contributed by atoms with van der Waals surface area (Å²) in [5, 5.41) is 12.6. The first-order valence-corrected chi connectivity index (χ1v) is 6.90. The number of nitrogens with two attached hydrogens (primary N) is 1. The molecule has 0 fully saturated rings. The van der Waals surface area contributed by atoms with Crippen LogP contribution >= 0.6 is 0 Å². The van der Waals surface area contributed by atoms with Crippen molar-refractivity contribution in [3.05, 3.63) is 24.3 Å². The topological polar surface area (TPSA) is 84.6 Å². The first-order chi connectivity index (χ1) is 9.43. The molecule has 20 heavy (non-hydrogen) atoms. The molecule has 5 nitrogen and oxygen atoms in total. The maximum atomic E-state index is 11.6. The fraction of sp³-hybridized carbons (Fsp3) is 0.533. The first-order valence-electron chi connectivity index (χ1n) is 6.90. The van der Waals surface area contributed by atoms with Crippen molar-refractivity contribution in [1.82, 2.24) is 5.32 Å². The van der Waals surface area contributed by atoms with Gasteiger partial charge in [-0.25, -0.2) is 0 Å². The molecule has 112 valence electrons. The Kier molecular flexibility index (Phi) is 6.31. The van der Waals surface area contributed by atoms with E-state index in [0.29, 0.717) is 24.5 Å². The zero-order chi connectivity index (χ0) is 15.0. The van der Waals surface area contributed by atoms with Crippen molar-refractivity contribution in [3.8, 4) is 5.75 Å². The molecule has 0 aliphatic carbocycles. The van der Waals surface area contributed by atoms with Crippen molar-refractivity contribution >= 4 is 11.6 Å². The van der Waals surface area contributed by atoms with Gasteiger partial charge < -0.3 is 20.9 Å². The summed E-state index contributed by atoms with van der Waals surface area (Å²) >= 11 is 0. The van der Waals surface area contributed by atoms with Crippen molar-refractivity contribution in [1.29, 1.82) is 0 Å². The average Bonchev–Trinajstić information content (AvgIpc) is 2.39.